The molecule has 0 heterocycles. The number of halogens is 6. The maximum atomic E-state index is 13.0. The summed E-state index contributed by atoms with van der Waals surface area (Å²) in [6, 6.07) is 1.21. The first-order chi connectivity index (χ1) is 18.2. The highest BCUT2D eigenvalue weighted by Gasteiger charge is 2.37. The number of alkyl halides is 3. The zero-order valence-electron chi connectivity index (χ0n) is 21.5. The minimum atomic E-state index is -4.97. The fourth-order valence-corrected chi connectivity index (χ4v) is 4.93. The number of allylic oxidation sites excluding steroid dienone is 10. The van der Waals surface area contributed by atoms with E-state index in [9.17, 15) is 31.1 Å². The Morgan fingerprint density at radius 1 is 1.31 bits per heavy atom. The van der Waals surface area contributed by atoms with E-state index in [4.69, 9.17) is 23.2 Å². The van der Waals surface area contributed by atoms with Gasteiger partial charge in [-0.15, -0.1) is 6.58 Å². The van der Waals surface area contributed by atoms with E-state index in [1.807, 2.05) is 6.08 Å². The van der Waals surface area contributed by atoms with Crippen LogP contribution in [0.15, 0.2) is 101 Å². The Bertz CT molecular complexity index is 1280. The molecule has 11 heteroatoms. The van der Waals surface area contributed by atoms with Gasteiger partial charge in [0.1, 0.15) is 22.0 Å². The van der Waals surface area contributed by atoms with Crippen molar-refractivity contribution in [3.63, 3.8) is 0 Å². The molecular weight excluding hydrogens is 577 g/mol. The second kappa shape index (κ2) is 15.9. The Balaban J connectivity index is 0.000000806. The lowest BCUT2D eigenvalue weighted by Gasteiger charge is -2.16. The Labute approximate surface area is 237 Å². The quantitative estimate of drug-likeness (QED) is 0.159. The van der Waals surface area contributed by atoms with Crippen molar-refractivity contribution in [1.82, 2.24) is 4.72 Å². The van der Waals surface area contributed by atoms with Crippen LogP contribution in [0.1, 0.15) is 32.3 Å². The third kappa shape index (κ3) is 11.6. The Hall–Kier alpha value is -2.59. The minimum Gasteiger partial charge on any atom is -0.506 e. The highest BCUT2D eigenvalue weighted by Crippen LogP contribution is 2.41. The van der Waals surface area contributed by atoms with Gasteiger partial charge in [0.15, 0.2) is 0 Å². The molecule has 0 radical (unpaired) electrons. The number of benzene rings is 1. The van der Waals surface area contributed by atoms with Gasteiger partial charge in [-0.3, -0.25) is 0 Å². The van der Waals surface area contributed by atoms with Crippen LogP contribution in [0.2, 0.25) is 5.02 Å². The van der Waals surface area contributed by atoms with Crippen molar-refractivity contribution in [1.29, 1.82) is 0 Å². The average Bonchev–Trinajstić information content (AvgIpc) is 2.86. The summed E-state index contributed by atoms with van der Waals surface area (Å²) in [7, 11) is -4.49. The van der Waals surface area contributed by atoms with E-state index in [1.54, 1.807) is 43.4 Å². The third-order valence-electron chi connectivity index (χ3n) is 5.38. The van der Waals surface area contributed by atoms with Gasteiger partial charge < -0.3 is 5.11 Å². The molecule has 4 nitrogen and oxygen atoms in total. The fourth-order valence-electron chi connectivity index (χ4n) is 3.36. The molecule has 0 spiro atoms. The van der Waals surface area contributed by atoms with Gasteiger partial charge in [-0.05, 0) is 55.5 Å². The van der Waals surface area contributed by atoms with Crippen LogP contribution in [-0.4, -0.2) is 20.1 Å². The highest BCUT2D eigenvalue weighted by atomic mass is 35.5. The first kappa shape index (κ1) is 34.4. The van der Waals surface area contributed by atoms with Crippen LogP contribution in [0.4, 0.5) is 17.6 Å². The lowest BCUT2D eigenvalue weighted by molar-refractivity contribution is -0.139. The molecule has 2 atom stereocenters. The predicted molar refractivity (Wildman–Crippen MR) is 151 cm³/mol. The molecule has 214 valence electrons. The van der Waals surface area contributed by atoms with Crippen molar-refractivity contribution < 1.29 is 31.1 Å². The topological polar surface area (TPSA) is 66.4 Å². The molecule has 0 bridgehead atoms. The van der Waals surface area contributed by atoms with Gasteiger partial charge in [0.2, 0.25) is 10.0 Å². The number of rotatable bonds is 10. The number of phenols is 1. The number of sulfonamides is 1. The number of phenolic OH excluding ortho intramolecular Hbond substituents is 1. The summed E-state index contributed by atoms with van der Waals surface area (Å²) in [5.74, 6) is -1.17. The molecule has 0 saturated heterocycles. The van der Waals surface area contributed by atoms with E-state index in [2.05, 4.69) is 24.8 Å². The standard InChI is InChI=1S/C21H22Cl2F3NO3S.C7H9F/c1-4-7-16(15(5-2)8-6-9-22)10-14(3)13-27-31(29,30)19-12-17(23)11-18(20(19)28)21(24,25)26;1-6-2-4-7(8)5-3-6/h4-6,8-12,16,27-28H,1-2,7,13H2,3H3;2,4-6H,3H2,1H3/b9-6+,14-10+,15-8+;. The second-order valence-electron chi connectivity index (χ2n) is 8.62. The van der Waals surface area contributed by atoms with Gasteiger partial charge >= 0.3 is 6.18 Å². The van der Waals surface area contributed by atoms with Crippen molar-refractivity contribution in [3.8, 4) is 5.75 Å². The molecule has 2 N–H and O–H groups in total. The van der Waals surface area contributed by atoms with Gasteiger partial charge in [0.05, 0.1) is 0 Å². The van der Waals surface area contributed by atoms with E-state index in [-0.39, 0.29) is 18.3 Å². The molecule has 2 rings (SSSR count). The third-order valence-corrected chi connectivity index (χ3v) is 7.15. The zero-order valence-corrected chi connectivity index (χ0v) is 23.8. The van der Waals surface area contributed by atoms with Crippen molar-refractivity contribution in [2.75, 3.05) is 6.54 Å². The van der Waals surface area contributed by atoms with Crippen molar-refractivity contribution in [3.05, 3.63) is 107 Å². The van der Waals surface area contributed by atoms with Gasteiger partial charge in [-0.25, -0.2) is 17.5 Å². The molecule has 1 aromatic rings. The van der Waals surface area contributed by atoms with Crippen LogP contribution < -0.4 is 4.72 Å². The summed E-state index contributed by atoms with van der Waals surface area (Å²) >= 11 is 11.2. The molecule has 1 aromatic carbocycles. The Kier molecular flexibility index (Phi) is 14.0. The van der Waals surface area contributed by atoms with Crippen LogP contribution >= 0.6 is 23.2 Å². The van der Waals surface area contributed by atoms with Crippen LogP contribution in [-0.2, 0) is 16.2 Å². The molecule has 0 aliphatic heterocycles. The summed E-state index contributed by atoms with van der Waals surface area (Å²) in [5, 5.41) is 9.42. The number of hydrogen-bond acceptors (Lipinski definition) is 3. The van der Waals surface area contributed by atoms with E-state index in [0.717, 1.165) is 18.1 Å². The van der Waals surface area contributed by atoms with Crippen LogP contribution in [0.5, 0.6) is 5.75 Å². The largest absolute Gasteiger partial charge is 0.506 e. The van der Waals surface area contributed by atoms with Crippen LogP contribution in [0.3, 0.4) is 0 Å². The lowest BCUT2D eigenvalue weighted by Crippen LogP contribution is -2.26. The van der Waals surface area contributed by atoms with Crippen molar-refractivity contribution >= 4 is 33.2 Å². The molecule has 39 heavy (non-hydrogen) atoms. The van der Waals surface area contributed by atoms with E-state index < -0.39 is 37.4 Å². The Morgan fingerprint density at radius 2 is 1.97 bits per heavy atom. The Morgan fingerprint density at radius 3 is 2.46 bits per heavy atom. The molecule has 0 fully saturated rings. The van der Waals surface area contributed by atoms with Gasteiger partial charge in [0.25, 0.3) is 0 Å². The highest BCUT2D eigenvalue weighted by molar-refractivity contribution is 7.89. The SMILES string of the molecule is C=CCC(/C=C(\C)CNS(=O)(=O)c1cc(Cl)cc(C(F)(F)F)c1O)/C(C=C)=C/C=C/Cl.CC1C=CC(F)=CC1. The molecule has 0 amide bonds. The number of hydrogen-bond donors (Lipinski definition) is 2. The second-order valence-corrected chi connectivity index (χ2v) is 11.0. The smallest absolute Gasteiger partial charge is 0.420 e. The lowest BCUT2D eigenvalue weighted by atomic mass is 9.93. The minimum absolute atomic E-state index is 0.0944. The molecular formula is C28H31Cl2F4NO3S. The summed E-state index contributed by atoms with van der Waals surface area (Å²) in [6.45, 7) is 10.9. The van der Waals surface area contributed by atoms with Crippen molar-refractivity contribution in [2.24, 2.45) is 11.8 Å². The summed E-state index contributed by atoms with van der Waals surface area (Å²) < 4.78 is 78.5. The van der Waals surface area contributed by atoms with E-state index >= 15 is 0 Å². The number of aromatic hydroxyl groups is 1. The monoisotopic (exact) mass is 607 g/mol. The summed E-state index contributed by atoms with van der Waals surface area (Å²) in [6.07, 6.45) is 9.87. The molecule has 0 aromatic heterocycles. The normalized spacial score (nSPS) is 17.3. The number of nitrogens with one attached hydrogen (secondary N) is 1. The fraction of sp³-hybridized carbons (Fsp3) is 0.286. The van der Waals surface area contributed by atoms with E-state index in [0.29, 0.717) is 24.0 Å². The average molecular weight is 609 g/mol. The first-order valence-electron chi connectivity index (χ1n) is 11.7. The first-order valence-corrected chi connectivity index (χ1v) is 14.0. The van der Waals surface area contributed by atoms with E-state index in [1.165, 1.54) is 11.6 Å². The van der Waals surface area contributed by atoms with Crippen LogP contribution in [0, 0.1) is 11.8 Å². The summed E-state index contributed by atoms with van der Waals surface area (Å²) in [4.78, 5) is -0.957. The zero-order chi connectivity index (χ0) is 29.8. The maximum Gasteiger partial charge on any atom is 0.420 e. The maximum absolute atomic E-state index is 13.0. The predicted octanol–water partition coefficient (Wildman–Crippen LogP) is 8.78. The summed E-state index contributed by atoms with van der Waals surface area (Å²) in [5.41, 5.74) is 1.18. The molecule has 0 saturated carbocycles. The van der Waals surface area contributed by atoms with Gasteiger partial charge in [-0.1, -0.05) is 78.7 Å². The van der Waals surface area contributed by atoms with Gasteiger partial charge in [-0.2, -0.15) is 13.2 Å². The molecule has 1 aliphatic carbocycles. The van der Waals surface area contributed by atoms with Crippen molar-refractivity contribution in [2.45, 2.75) is 37.8 Å². The van der Waals surface area contributed by atoms with Gasteiger partial charge in [0, 0.05) is 23.0 Å². The van der Waals surface area contributed by atoms with Crippen LogP contribution in [0.25, 0.3) is 0 Å². The molecule has 1 aliphatic rings. The molecule has 2 unspecified atom stereocenters.